The van der Waals surface area contributed by atoms with Gasteiger partial charge in [0.15, 0.2) is 0 Å². The Hall–Kier alpha value is -1.77. The Bertz CT molecular complexity index is 583. The van der Waals surface area contributed by atoms with Crippen LogP contribution in [0, 0.1) is 13.8 Å². The third-order valence-electron chi connectivity index (χ3n) is 3.56. The van der Waals surface area contributed by atoms with E-state index in [9.17, 15) is 4.79 Å². The zero-order valence-corrected chi connectivity index (χ0v) is 11.4. The second-order valence-electron chi connectivity index (χ2n) is 4.92. The lowest BCUT2D eigenvalue weighted by atomic mass is 10.1. The van der Waals surface area contributed by atoms with Gasteiger partial charge < -0.3 is 10.3 Å². The van der Waals surface area contributed by atoms with Crippen LogP contribution in [-0.4, -0.2) is 16.9 Å². The van der Waals surface area contributed by atoms with E-state index in [0.717, 1.165) is 28.6 Å². The number of fused-ring (bicyclic) bond motifs is 1. The van der Waals surface area contributed by atoms with Crippen LogP contribution in [0.4, 0.5) is 0 Å². The topological polar surface area (TPSA) is 44.9 Å². The molecule has 2 N–H and O–H groups in total. The van der Waals surface area contributed by atoms with Crippen LogP contribution in [0.25, 0.3) is 10.9 Å². The van der Waals surface area contributed by atoms with E-state index in [1.54, 1.807) is 0 Å². The molecule has 1 unspecified atom stereocenters. The highest BCUT2D eigenvalue weighted by Crippen LogP contribution is 2.22. The fourth-order valence-electron chi connectivity index (χ4n) is 2.01. The molecule has 3 nitrogen and oxygen atoms in total. The number of rotatable bonds is 3. The Kier molecular flexibility index (Phi) is 3.41. The summed E-state index contributed by atoms with van der Waals surface area (Å²) >= 11 is 0. The molecular formula is C15H20N2O. The van der Waals surface area contributed by atoms with Gasteiger partial charge in [-0.1, -0.05) is 6.92 Å². The molecule has 1 atom stereocenters. The molecule has 18 heavy (non-hydrogen) atoms. The Morgan fingerprint density at radius 3 is 2.78 bits per heavy atom. The lowest BCUT2D eigenvalue weighted by Crippen LogP contribution is -2.31. The molecule has 1 aromatic heterocycles. The Balaban J connectivity index is 2.35. The number of hydrogen-bond donors (Lipinski definition) is 2. The van der Waals surface area contributed by atoms with Gasteiger partial charge in [0, 0.05) is 28.2 Å². The highest BCUT2D eigenvalue weighted by molar-refractivity contribution is 5.99. The molecule has 0 saturated carbocycles. The summed E-state index contributed by atoms with van der Waals surface area (Å²) in [5.74, 6) is 0.00417. The first-order valence-electron chi connectivity index (χ1n) is 6.42. The van der Waals surface area contributed by atoms with E-state index in [4.69, 9.17) is 0 Å². The molecule has 0 radical (unpaired) electrons. The molecule has 0 aliphatic heterocycles. The fraction of sp³-hybridized carbons (Fsp3) is 0.400. The van der Waals surface area contributed by atoms with Crippen molar-refractivity contribution >= 4 is 16.8 Å². The standard InChI is InChI=1S/C15H20N2O/c1-5-9(2)16-15(18)12-6-7-14-13(8-12)10(3)11(4)17-14/h6-9,17H,5H2,1-4H3,(H,16,18). The maximum absolute atomic E-state index is 12.1. The number of carbonyl (C=O) groups excluding carboxylic acids is 1. The van der Waals surface area contributed by atoms with E-state index in [2.05, 4.69) is 24.1 Å². The van der Waals surface area contributed by atoms with Crippen molar-refractivity contribution in [3.05, 3.63) is 35.0 Å². The molecule has 2 aromatic rings. The summed E-state index contributed by atoms with van der Waals surface area (Å²) in [6.07, 6.45) is 0.941. The highest BCUT2D eigenvalue weighted by Gasteiger charge is 2.11. The summed E-state index contributed by atoms with van der Waals surface area (Å²) in [5.41, 5.74) is 4.18. The van der Waals surface area contributed by atoms with Crippen LogP contribution >= 0.6 is 0 Å². The van der Waals surface area contributed by atoms with Crippen molar-refractivity contribution in [2.75, 3.05) is 0 Å². The summed E-state index contributed by atoms with van der Waals surface area (Å²) in [6.45, 7) is 8.20. The molecule has 1 heterocycles. The molecule has 3 heteroatoms. The summed E-state index contributed by atoms with van der Waals surface area (Å²) in [7, 11) is 0. The summed E-state index contributed by atoms with van der Waals surface area (Å²) in [6, 6.07) is 6.02. The number of H-pyrrole nitrogens is 1. The number of aromatic nitrogens is 1. The van der Waals surface area contributed by atoms with Gasteiger partial charge in [-0.2, -0.15) is 0 Å². The maximum atomic E-state index is 12.1. The molecule has 1 aromatic carbocycles. The van der Waals surface area contributed by atoms with Gasteiger partial charge in [0.05, 0.1) is 0 Å². The van der Waals surface area contributed by atoms with Gasteiger partial charge in [0.1, 0.15) is 0 Å². The molecule has 0 fully saturated rings. The van der Waals surface area contributed by atoms with Crippen LogP contribution in [-0.2, 0) is 0 Å². The number of aromatic amines is 1. The molecule has 0 saturated heterocycles. The molecular weight excluding hydrogens is 224 g/mol. The molecule has 2 rings (SSSR count). The van der Waals surface area contributed by atoms with Crippen molar-refractivity contribution in [3.8, 4) is 0 Å². The predicted molar refractivity (Wildman–Crippen MR) is 75.0 cm³/mol. The zero-order valence-electron chi connectivity index (χ0n) is 11.4. The SMILES string of the molecule is CCC(C)NC(=O)c1ccc2[nH]c(C)c(C)c2c1. The molecule has 0 aliphatic rings. The van der Waals surface area contributed by atoms with E-state index in [1.165, 1.54) is 5.56 Å². The molecule has 96 valence electrons. The van der Waals surface area contributed by atoms with E-state index in [1.807, 2.05) is 32.0 Å². The second-order valence-corrected chi connectivity index (χ2v) is 4.92. The van der Waals surface area contributed by atoms with Crippen molar-refractivity contribution in [3.63, 3.8) is 0 Å². The van der Waals surface area contributed by atoms with Gasteiger partial charge in [-0.15, -0.1) is 0 Å². The van der Waals surface area contributed by atoms with Crippen molar-refractivity contribution < 1.29 is 4.79 Å². The predicted octanol–water partition coefficient (Wildman–Crippen LogP) is 3.31. The van der Waals surface area contributed by atoms with Gasteiger partial charge in [-0.3, -0.25) is 4.79 Å². The van der Waals surface area contributed by atoms with Crippen LogP contribution in [0.5, 0.6) is 0 Å². The minimum absolute atomic E-state index is 0.00417. The molecule has 0 spiro atoms. The van der Waals surface area contributed by atoms with Crippen LogP contribution in [0.2, 0.25) is 0 Å². The van der Waals surface area contributed by atoms with Gasteiger partial charge in [0.25, 0.3) is 5.91 Å². The molecule has 0 bridgehead atoms. The first kappa shape index (κ1) is 12.7. The second kappa shape index (κ2) is 4.84. The summed E-state index contributed by atoms with van der Waals surface area (Å²) < 4.78 is 0. The summed E-state index contributed by atoms with van der Waals surface area (Å²) in [4.78, 5) is 15.4. The minimum atomic E-state index is 0.00417. The van der Waals surface area contributed by atoms with Crippen molar-refractivity contribution in [2.24, 2.45) is 0 Å². The van der Waals surface area contributed by atoms with Gasteiger partial charge in [-0.25, -0.2) is 0 Å². The van der Waals surface area contributed by atoms with E-state index in [-0.39, 0.29) is 11.9 Å². The van der Waals surface area contributed by atoms with Crippen LogP contribution < -0.4 is 5.32 Å². The fourth-order valence-corrected chi connectivity index (χ4v) is 2.01. The van der Waals surface area contributed by atoms with Crippen molar-refractivity contribution in [1.82, 2.24) is 10.3 Å². The quantitative estimate of drug-likeness (QED) is 0.854. The van der Waals surface area contributed by atoms with Crippen molar-refractivity contribution in [1.29, 1.82) is 0 Å². The number of benzene rings is 1. The average molecular weight is 244 g/mol. The molecule has 0 aliphatic carbocycles. The van der Waals surface area contributed by atoms with E-state index < -0.39 is 0 Å². The van der Waals surface area contributed by atoms with Gasteiger partial charge >= 0.3 is 0 Å². The smallest absolute Gasteiger partial charge is 0.251 e. The monoisotopic (exact) mass is 244 g/mol. The summed E-state index contributed by atoms with van der Waals surface area (Å²) in [5, 5.41) is 4.12. The third-order valence-corrected chi connectivity index (χ3v) is 3.56. The number of amides is 1. The largest absolute Gasteiger partial charge is 0.358 e. The third kappa shape index (κ3) is 2.26. The van der Waals surface area contributed by atoms with Gasteiger partial charge in [-0.05, 0) is 51.0 Å². The number of carbonyl (C=O) groups is 1. The minimum Gasteiger partial charge on any atom is -0.358 e. The number of aryl methyl sites for hydroxylation is 2. The van der Waals surface area contributed by atoms with Gasteiger partial charge in [0.2, 0.25) is 0 Å². The lowest BCUT2D eigenvalue weighted by Gasteiger charge is -2.11. The van der Waals surface area contributed by atoms with Crippen LogP contribution in [0.15, 0.2) is 18.2 Å². The Morgan fingerprint density at radius 2 is 2.11 bits per heavy atom. The van der Waals surface area contributed by atoms with Crippen LogP contribution in [0.3, 0.4) is 0 Å². The number of nitrogens with one attached hydrogen (secondary N) is 2. The van der Waals surface area contributed by atoms with E-state index in [0.29, 0.717) is 0 Å². The Morgan fingerprint density at radius 1 is 1.39 bits per heavy atom. The van der Waals surface area contributed by atoms with Crippen LogP contribution in [0.1, 0.15) is 41.9 Å². The first-order valence-corrected chi connectivity index (χ1v) is 6.42. The first-order chi connectivity index (χ1) is 8.52. The normalized spacial score (nSPS) is 12.7. The van der Waals surface area contributed by atoms with E-state index >= 15 is 0 Å². The maximum Gasteiger partial charge on any atom is 0.251 e. The zero-order chi connectivity index (χ0) is 13.3. The highest BCUT2D eigenvalue weighted by atomic mass is 16.1. The molecule has 1 amide bonds. The Labute approximate surface area is 108 Å². The van der Waals surface area contributed by atoms with Crippen molar-refractivity contribution in [2.45, 2.75) is 40.2 Å². The lowest BCUT2D eigenvalue weighted by molar-refractivity contribution is 0.0939. The average Bonchev–Trinajstić information content (AvgIpc) is 2.64. The number of hydrogen-bond acceptors (Lipinski definition) is 1.